The number of quaternary nitrogens is 1. The lowest BCUT2D eigenvalue weighted by atomic mass is 9.93. The molecular weight excluding hydrogens is 326 g/mol. The third-order valence-electron chi connectivity index (χ3n) is 5.16. The van der Waals surface area contributed by atoms with Crippen molar-refractivity contribution in [1.29, 1.82) is 0 Å². The van der Waals surface area contributed by atoms with Gasteiger partial charge in [-0.1, -0.05) is 34.6 Å². The molecule has 0 radical (unpaired) electrons. The van der Waals surface area contributed by atoms with Gasteiger partial charge in [-0.3, -0.25) is 4.79 Å². The summed E-state index contributed by atoms with van der Waals surface area (Å²) < 4.78 is 1.85. The quantitative estimate of drug-likeness (QED) is 0.853. The Morgan fingerprint density at radius 1 is 1.31 bits per heavy atom. The minimum absolute atomic E-state index is 0.0468. The molecule has 0 aromatic carbocycles. The van der Waals surface area contributed by atoms with E-state index in [1.807, 2.05) is 10.6 Å². The van der Waals surface area contributed by atoms with Gasteiger partial charge in [-0.05, 0) is 5.92 Å². The number of carbonyl (C=O) groups is 1. The van der Waals surface area contributed by atoms with Gasteiger partial charge in [-0.2, -0.15) is 5.10 Å². The van der Waals surface area contributed by atoms with Gasteiger partial charge in [0.15, 0.2) is 5.65 Å². The largest absolute Gasteiger partial charge is 0.346 e. The van der Waals surface area contributed by atoms with Crippen LogP contribution in [-0.4, -0.2) is 46.7 Å². The molecular formula is C20H32N5O+. The maximum atomic E-state index is 12.8. The fraction of sp³-hybridized carbons (Fsp3) is 0.650. The lowest BCUT2D eigenvalue weighted by molar-refractivity contribution is -0.886. The summed E-state index contributed by atoms with van der Waals surface area (Å²) in [5.41, 5.74) is 3.30. The molecule has 1 aliphatic rings. The number of hydrogen-bond donors (Lipinski definition) is 2. The van der Waals surface area contributed by atoms with E-state index in [1.54, 1.807) is 11.1 Å². The molecule has 0 spiro atoms. The number of hydrogen-bond acceptors (Lipinski definition) is 3. The minimum atomic E-state index is -0.0527. The first-order chi connectivity index (χ1) is 12.3. The number of rotatable bonds is 5. The van der Waals surface area contributed by atoms with Gasteiger partial charge >= 0.3 is 0 Å². The molecule has 2 aromatic rings. The molecule has 0 atom stereocenters. The molecule has 1 aliphatic heterocycles. The summed E-state index contributed by atoms with van der Waals surface area (Å²) in [6, 6.07) is 2.02. The SMILES string of the molecule is CC(C)c1c(C(=O)NCC[NH+]2CCCC2)cnc2cc(C(C)(C)C)nn12. The highest BCUT2D eigenvalue weighted by molar-refractivity contribution is 5.95. The van der Waals surface area contributed by atoms with E-state index in [0.717, 1.165) is 23.6 Å². The van der Waals surface area contributed by atoms with Crippen molar-refractivity contribution in [1.82, 2.24) is 19.9 Å². The number of nitrogens with one attached hydrogen (secondary N) is 2. The van der Waals surface area contributed by atoms with Crippen LogP contribution in [0.25, 0.3) is 5.65 Å². The Morgan fingerprint density at radius 2 is 2.00 bits per heavy atom. The van der Waals surface area contributed by atoms with Crippen LogP contribution in [0, 0.1) is 0 Å². The van der Waals surface area contributed by atoms with E-state index in [9.17, 15) is 4.79 Å². The highest BCUT2D eigenvalue weighted by atomic mass is 16.1. The van der Waals surface area contributed by atoms with E-state index in [-0.39, 0.29) is 17.2 Å². The maximum absolute atomic E-state index is 12.8. The topological polar surface area (TPSA) is 63.7 Å². The average molecular weight is 359 g/mol. The Morgan fingerprint density at radius 3 is 2.62 bits per heavy atom. The minimum Gasteiger partial charge on any atom is -0.346 e. The molecule has 3 rings (SSSR count). The second-order valence-electron chi connectivity index (χ2n) is 8.72. The number of carbonyl (C=O) groups excluding carboxylic acids is 1. The molecule has 2 N–H and O–H groups in total. The molecule has 6 heteroatoms. The number of aromatic nitrogens is 3. The van der Waals surface area contributed by atoms with Crippen molar-refractivity contribution in [2.45, 2.75) is 58.8 Å². The standard InChI is InChI=1S/C20H31N5O/c1-14(2)18-15(19(26)21-8-11-24-9-6-7-10-24)13-22-17-12-16(20(3,4)5)23-25(17)18/h12-14H,6-11H2,1-5H3,(H,21,26)/p+1. The first-order valence-electron chi connectivity index (χ1n) is 9.78. The lowest BCUT2D eigenvalue weighted by Gasteiger charge is -2.16. The molecule has 0 aliphatic carbocycles. The van der Waals surface area contributed by atoms with Gasteiger partial charge in [0.25, 0.3) is 5.91 Å². The van der Waals surface area contributed by atoms with Gasteiger partial charge in [0.05, 0.1) is 43.1 Å². The number of likely N-dealkylation sites (tertiary alicyclic amines) is 1. The van der Waals surface area contributed by atoms with Gasteiger partial charge in [0.1, 0.15) is 0 Å². The smallest absolute Gasteiger partial charge is 0.254 e. The van der Waals surface area contributed by atoms with Gasteiger partial charge in [-0.25, -0.2) is 9.50 Å². The highest BCUT2D eigenvalue weighted by Crippen LogP contribution is 2.25. The van der Waals surface area contributed by atoms with Crippen molar-refractivity contribution in [3.8, 4) is 0 Å². The molecule has 6 nitrogen and oxygen atoms in total. The summed E-state index contributed by atoms with van der Waals surface area (Å²) in [6.45, 7) is 14.8. The Kier molecular flexibility index (Phi) is 5.32. The predicted molar refractivity (Wildman–Crippen MR) is 103 cm³/mol. The highest BCUT2D eigenvalue weighted by Gasteiger charge is 2.23. The zero-order valence-corrected chi connectivity index (χ0v) is 16.7. The first kappa shape index (κ1) is 18.8. The number of amides is 1. The summed E-state index contributed by atoms with van der Waals surface area (Å²) in [5, 5.41) is 7.84. The van der Waals surface area contributed by atoms with E-state index in [2.05, 4.69) is 44.9 Å². The first-order valence-corrected chi connectivity index (χ1v) is 9.78. The van der Waals surface area contributed by atoms with E-state index in [0.29, 0.717) is 12.1 Å². The van der Waals surface area contributed by atoms with Crippen LogP contribution in [0.1, 0.15) is 75.1 Å². The summed E-state index contributed by atoms with van der Waals surface area (Å²) in [6.07, 6.45) is 4.31. The zero-order valence-electron chi connectivity index (χ0n) is 16.7. The maximum Gasteiger partial charge on any atom is 0.254 e. The van der Waals surface area contributed by atoms with Crippen LogP contribution in [-0.2, 0) is 5.41 Å². The normalized spacial score (nSPS) is 15.9. The van der Waals surface area contributed by atoms with Crippen molar-refractivity contribution in [3.05, 3.63) is 29.2 Å². The Balaban J connectivity index is 1.84. The third kappa shape index (κ3) is 3.90. The fourth-order valence-corrected chi connectivity index (χ4v) is 3.62. The second kappa shape index (κ2) is 7.35. The molecule has 0 unspecified atom stereocenters. The van der Waals surface area contributed by atoms with Crippen LogP contribution >= 0.6 is 0 Å². The number of fused-ring (bicyclic) bond motifs is 1. The molecule has 1 fully saturated rings. The Labute approximate surface area is 156 Å². The lowest BCUT2D eigenvalue weighted by Crippen LogP contribution is -3.10. The Hall–Kier alpha value is -1.95. The van der Waals surface area contributed by atoms with E-state index in [4.69, 9.17) is 5.10 Å². The second-order valence-corrected chi connectivity index (χ2v) is 8.72. The van der Waals surface area contributed by atoms with Crippen molar-refractivity contribution in [2.75, 3.05) is 26.2 Å². The Bertz CT molecular complexity index is 781. The molecule has 1 amide bonds. The predicted octanol–water partition coefficient (Wildman–Crippen LogP) is 1.56. The zero-order chi connectivity index (χ0) is 18.9. The monoisotopic (exact) mass is 358 g/mol. The van der Waals surface area contributed by atoms with E-state index < -0.39 is 0 Å². The average Bonchev–Trinajstić information content (AvgIpc) is 3.21. The summed E-state index contributed by atoms with van der Waals surface area (Å²) >= 11 is 0. The summed E-state index contributed by atoms with van der Waals surface area (Å²) in [5.74, 6) is 0.132. The van der Waals surface area contributed by atoms with Crippen molar-refractivity contribution >= 4 is 11.6 Å². The molecule has 142 valence electrons. The molecule has 26 heavy (non-hydrogen) atoms. The van der Waals surface area contributed by atoms with Crippen LogP contribution < -0.4 is 10.2 Å². The molecule has 1 saturated heterocycles. The number of nitrogens with zero attached hydrogens (tertiary/aromatic N) is 3. The molecule has 0 bridgehead atoms. The van der Waals surface area contributed by atoms with Crippen molar-refractivity contribution in [2.24, 2.45) is 0 Å². The van der Waals surface area contributed by atoms with E-state index in [1.165, 1.54) is 25.9 Å². The van der Waals surface area contributed by atoms with Crippen molar-refractivity contribution < 1.29 is 9.69 Å². The molecule has 3 heterocycles. The van der Waals surface area contributed by atoms with E-state index >= 15 is 0 Å². The summed E-state index contributed by atoms with van der Waals surface area (Å²) in [7, 11) is 0. The van der Waals surface area contributed by atoms with Gasteiger partial charge in [0, 0.05) is 30.5 Å². The molecule has 2 aromatic heterocycles. The molecule has 0 saturated carbocycles. The van der Waals surface area contributed by atoms with Crippen molar-refractivity contribution in [3.63, 3.8) is 0 Å². The van der Waals surface area contributed by atoms with Gasteiger partial charge < -0.3 is 10.2 Å². The van der Waals surface area contributed by atoms with Crippen LogP contribution in [0.15, 0.2) is 12.3 Å². The van der Waals surface area contributed by atoms with Gasteiger partial charge in [-0.15, -0.1) is 0 Å². The van der Waals surface area contributed by atoms with Crippen LogP contribution in [0.4, 0.5) is 0 Å². The van der Waals surface area contributed by atoms with Crippen LogP contribution in [0.2, 0.25) is 0 Å². The van der Waals surface area contributed by atoms with Crippen LogP contribution in [0.5, 0.6) is 0 Å². The third-order valence-corrected chi connectivity index (χ3v) is 5.16. The fourth-order valence-electron chi connectivity index (χ4n) is 3.62. The van der Waals surface area contributed by atoms with Crippen LogP contribution in [0.3, 0.4) is 0 Å². The van der Waals surface area contributed by atoms with Gasteiger partial charge in [0.2, 0.25) is 0 Å². The summed E-state index contributed by atoms with van der Waals surface area (Å²) in [4.78, 5) is 18.9.